The van der Waals surface area contributed by atoms with Gasteiger partial charge in [0, 0.05) is 12.3 Å². The Labute approximate surface area is 119 Å². The number of hydrogen-bond donors (Lipinski definition) is 0. The van der Waals surface area contributed by atoms with Crippen molar-refractivity contribution in [2.24, 2.45) is 5.92 Å². The molecular weight excluding hydrogens is 252 g/mol. The van der Waals surface area contributed by atoms with Crippen LogP contribution in [0.3, 0.4) is 0 Å². The second-order valence-electron chi connectivity index (χ2n) is 6.87. The Morgan fingerprint density at radius 2 is 2.05 bits per heavy atom. The summed E-state index contributed by atoms with van der Waals surface area (Å²) in [4.78, 5) is 11.6. The van der Waals surface area contributed by atoms with E-state index in [1.54, 1.807) is 6.08 Å². The van der Waals surface area contributed by atoms with E-state index in [2.05, 4.69) is 52.9 Å². The predicted molar refractivity (Wildman–Crippen MR) is 83.8 cm³/mol. The van der Waals surface area contributed by atoms with Gasteiger partial charge < -0.3 is 4.43 Å². The zero-order valence-corrected chi connectivity index (χ0v) is 14.2. The molecule has 0 spiro atoms. The van der Waals surface area contributed by atoms with Crippen molar-refractivity contribution < 1.29 is 9.22 Å². The first kappa shape index (κ1) is 16.4. The van der Waals surface area contributed by atoms with Crippen molar-refractivity contribution >= 4 is 14.1 Å². The number of ketones is 1. The highest BCUT2D eigenvalue weighted by Gasteiger charge is 2.40. The van der Waals surface area contributed by atoms with Crippen molar-refractivity contribution in [3.63, 3.8) is 0 Å². The molecule has 0 aromatic heterocycles. The van der Waals surface area contributed by atoms with Crippen LogP contribution in [-0.2, 0) is 9.22 Å². The monoisotopic (exact) mass is 280 g/mol. The van der Waals surface area contributed by atoms with Gasteiger partial charge in [-0.05, 0) is 30.6 Å². The third-order valence-electron chi connectivity index (χ3n) is 4.19. The number of allylic oxidation sites excluding steroid dienone is 2. The van der Waals surface area contributed by atoms with E-state index in [-0.39, 0.29) is 22.8 Å². The fraction of sp³-hybridized carbons (Fsp3) is 0.688. The number of carbonyl (C=O) groups is 1. The summed E-state index contributed by atoms with van der Waals surface area (Å²) in [5, 5.41) is 0.196. The first-order valence-corrected chi connectivity index (χ1v) is 10.1. The van der Waals surface area contributed by atoms with Crippen molar-refractivity contribution in [2.75, 3.05) is 0 Å². The van der Waals surface area contributed by atoms with Gasteiger partial charge in [-0.2, -0.15) is 0 Å². The largest absolute Gasteiger partial charge is 0.410 e. The fourth-order valence-corrected chi connectivity index (χ4v) is 3.18. The highest BCUT2D eigenvalue weighted by Crippen LogP contribution is 2.39. The lowest BCUT2D eigenvalue weighted by Crippen LogP contribution is -2.46. The third-order valence-corrected chi connectivity index (χ3v) is 8.66. The standard InChI is InChI=1S/C16H28O2Si/c1-7-8-9-13-12-14(17)10-11-15(13)18-19(5,6)16(2,3)4/h8-11,13,15H,7,12H2,1-6H3/b9-8+/t13-,15-/m1/s1. The van der Waals surface area contributed by atoms with Gasteiger partial charge in [-0.1, -0.05) is 45.9 Å². The van der Waals surface area contributed by atoms with Gasteiger partial charge in [-0.15, -0.1) is 0 Å². The summed E-state index contributed by atoms with van der Waals surface area (Å²) in [5.74, 6) is 0.410. The molecule has 0 fully saturated rings. The van der Waals surface area contributed by atoms with Crippen molar-refractivity contribution in [1.82, 2.24) is 0 Å². The van der Waals surface area contributed by atoms with E-state index in [0.717, 1.165) is 6.42 Å². The molecule has 2 atom stereocenters. The Morgan fingerprint density at radius 3 is 2.58 bits per heavy atom. The molecule has 3 heteroatoms. The summed E-state index contributed by atoms with van der Waals surface area (Å²) in [6, 6.07) is 0. The molecule has 0 radical (unpaired) electrons. The fourth-order valence-electron chi connectivity index (χ4n) is 1.89. The molecule has 0 unspecified atom stereocenters. The molecular formula is C16H28O2Si. The zero-order chi connectivity index (χ0) is 14.7. The van der Waals surface area contributed by atoms with E-state index in [9.17, 15) is 4.79 Å². The highest BCUT2D eigenvalue weighted by molar-refractivity contribution is 6.74. The molecule has 0 aromatic rings. The first-order chi connectivity index (χ1) is 8.67. The van der Waals surface area contributed by atoms with E-state index in [4.69, 9.17) is 4.43 Å². The van der Waals surface area contributed by atoms with Gasteiger partial charge >= 0.3 is 0 Å². The van der Waals surface area contributed by atoms with Crippen LogP contribution in [-0.4, -0.2) is 20.2 Å². The molecule has 0 aliphatic heterocycles. The Hall–Kier alpha value is -0.673. The minimum Gasteiger partial charge on any atom is -0.410 e. The minimum absolute atomic E-state index is 0.0568. The van der Waals surface area contributed by atoms with Crippen molar-refractivity contribution in [2.45, 2.75) is 64.8 Å². The molecule has 2 nitrogen and oxygen atoms in total. The maximum Gasteiger partial charge on any atom is 0.192 e. The highest BCUT2D eigenvalue weighted by atomic mass is 28.4. The average Bonchev–Trinajstić information content (AvgIpc) is 2.27. The summed E-state index contributed by atoms with van der Waals surface area (Å²) in [6.07, 6.45) is 9.57. The molecule has 0 bridgehead atoms. The van der Waals surface area contributed by atoms with Gasteiger partial charge in [-0.25, -0.2) is 0 Å². The zero-order valence-electron chi connectivity index (χ0n) is 13.2. The first-order valence-electron chi connectivity index (χ1n) is 7.23. The third kappa shape index (κ3) is 4.43. The molecule has 1 rings (SSSR count). The van der Waals surface area contributed by atoms with Crippen LogP contribution >= 0.6 is 0 Å². The summed E-state index contributed by atoms with van der Waals surface area (Å²) >= 11 is 0. The Kier molecular flexibility index (Phi) is 5.33. The van der Waals surface area contributed by atoms with Gasteiger partial charge in [-0.3, -0.25) is 4.79 Å². The maximum absolute atomic E-state index is 11.6. The Morgan fingerprint density at radius 1 is 1.42 bits per heavy atom. The molecule has 1 aliphatic carbocycles. The predicted octanol–water partition coefficient (Wildman–Crippen LogP) is 4.49. The minimum atomic E-state index is -1.79. The van der Waals surface area contributed by atoms with Crippen LogP contribution in [0.1, 0.15) is 40.5 Å². The molecule has 0 saturated carbocycles. The molecule has 0 amide bonds. The van der Waals surface area contributed by atoms with Crippen LogP contribution < -0.4 is 0 Å². The topological polar surface area (TPSA) is 26.3 Å². The Bertz CT molecular complexity index is 375. The molecule has 1 aliphatic rings. The number of rotatable bonds is 4. The average molecular weight is 280 g/mol. The molecule has 0 N–H and O–H groups in total. The lowest BCUT2D eigenvalue weighted by molar-refractivity contribution is -0.116. The van der Waals surface area contributed by atoms with Crippen LogP contribution in [0.5, 0.6) is 0 Å². The molecule has 0 heterocycles. The van der Waals surface area contributed by atoms with Crippen molar-refractivity contribution in [3.8, 4) is 0 Å². The maximum atomic E-state index is 11.6. The van der Waals surface area contributed by atoms with Gasteiger partial charge in [0.15, 0.2) is 14.1 Å². The lowest BCUT2D eigenvalue weighted by atomic mass is 9.90. The van der Waals surface area contributed by atoms with Gasteiger partial charge in [0.25, 0.3) is 0 Å². The van der Waals surface area contributed by atoms with Crippen LogP contribution in [0.25, 0.3) is 0 Å². The second-order valence-corrected chi connectivity index (χ2v) is 11.6. The summed E-state index contributed by atoms with van der Waals surface area (Å²) < 4.78 is 6.45. The van der Waals surface area contributed by atoms with Crippen molar-refractivity contribution in [1.29, 1.82) is 0 Å². The van der Waals surface area contributed by atoms with E-state index in [1.165, 1.54) is 0 Å². The van der Waals surface area contributed by atoms with Crippen LogP contribution in [0.15, 0.2) is 24.3 Å². The summed E-state index contributed by atoms with van der Waals surface area (Å²) in [7, 11) is -1.79. The molecule has 19 heavy (non-hydrogen) atoms. The molecule has 0 saturated heterocycles. The second kappa shape index (κ2) is 6.19. The summed E-state index contributed by atoms with van der Waals surface area (Å²) in [5.41, 5.74) is 0. The quantitative estimate of drug-likeness (QED) is 0.560. The van der Waals surface area contributed by atoms with Gasteiger partial charge in [0.1, 0.15) is 0 Å². The lowest BCUT2D eigenvalue weighted by Gasteiger charge is -2.40. The van der Waals surface area contributed by atoms with E-state index < -0.39 is 8.32 Å². The van der Waals surface area contributed by atoms with E-state index in [1.807, 2.05) is 6.08 Å². The van der Waals surface area contributed by atoms with E-state index >= 15 is 0 Å². The van der Waals surface area contributed by atoms with Crippen LogP contribution in [0.2, 0.25) is 18.1 Å². The molecule has 108 valence electrons. The normalized spacial score (nSPS) is 25.3. The van der Waals surface area contributed by atoms with Crippen LogP contribution in [0.4, 0.5) is 0 Å². The number of hydrogen-bond acceptors (Lipinski definition) is 2. The SMILES string of the molecule is CC/C=C/[C@@H]1CC(=O)C=C[C@H]1O[Si](C)(C)C(C)(C)C. The van der Waals surface area contributed by atoms with Crippen LogP contribution in [0, 0.1) is 5.92 Å². The van der Waals surface area contributed by atoms with Gasteiger partial charge in [0.05, 0.1) is 6.10 Å². The molecule has 0 aromatic carbocycles. The number of carbonyl (C=O) groups excluding carboxylic acids is 1. The van der Waals surface area contributed by atoms with Crippen molar-refractivity contribution in [3.05, 3.63) is 24.3 Å². The summed E-state index contributed by atoms with van der Waals surface area (Å²) in [6.45, 7) is 13.4. The van der Waals surface area contributed by atoms with E-state index in [0.29, 0.717) is 6.42 Å². The van der Waals surface area contributed by atoms with Gasteiger partial charge in [0.2, 0.25) is 0 Å². The smallest absolute Gasteiger partial charge is 0.192 e. The Balaban J connectivity index is 2.87.